The normalized spacial score (nSPS) is 23.7. The molecule has 7 heteroatoms. The molecule has 0 spiro atoms. The van der Waals surface area contributed by atoms with Gasteiger partial charge in [0.25, 0.3) is 0 Å². The second-order valence-corrected chi connectivity index (χ2v) is 5.96. The van der Waals surface area contributed by atoms with Crippen LogP contribution in [0.3, 0.4) is 0 Å². The molecule has 2 unspecified atom stereocenters. The van der Waals surface area contributed by atoms with Gasteiger partial charge in [0.1, 0.15) is 0 Å². The third kappa shape index (κ3) is 4.96. The van der Waals surface area contributed by atoms with Gasteiger partial charge in [-0.1, -0.05) is 24.6 Å². The van der Waals surface area contributed by atoms with E-state index in [1.165, 1.54) is 37.1 Å². The third-order valence-electron chi connectivity index (χ3n) is 4.50. The molecule has 1 aromatic rings. The van der Waals surface area contributed by atoms with Crippen molar-refractivity contribution in [2.75, 3.05) is 26.2 Å². The van der Waals surface area contributed by atoms with Crippen LogP contribution in [0, 0.1) is 0 Å². The van der Waals surface area contributed by atoms with E-state index >= 15 is 0 Å². The highest BCUT2D eigenvalue weighted by molar-refractivity contribution is 6.30. The van der Waals surface area contributed by atoms with E-state index in [1.54, 1.807) is 0 Å². The number of hydrogen-bond donors (Lipinski definition) is 1. The summed E-state index contributed by atoms with van der Waals surface area (Å²) in [6.45, 7) is 7.03. The number of halogens is 3. The minimum atomic E-state index is 0. The summed E-state index contributed by atoms with van der Waals surface area (Å²) >= 11 is 6.09. The molecule has 3 rings (SSSR count). The average molecular weight is 374 g/mol. The van der Waals surface area contributed by atoms with E-state index in [9.17, 15) is 0 Å². The molecule has 2 atom stereocenters. The molecule has 5 N–H and O–H groups in total. The van der Waals surface area contributed by atoms with E-state index in [0.29, 0.717) is 12.0 Å². The van der Waals surface area contributed by atoms with Crippen LogP contribution < -0.4 is 5.32 Å². The molecule has 0 bridgehead atoms. The first-order valence-corrected chi connectivity index (χ1v) is 7.36. The lowest BCUT2D eigenvalue weighted by atomic mass is 9.79. The Morgan fingerprint density at radius 3 is 2.41 bits per heavy atom. The minimum Gasteiger partial charge on any atom is -0.412 e. The number of fused-ring (bicyclic) bond motifs is 1. The Bertz CT molecular complexity index is 443. The van der Waals surface area contributed by atoms with Crippen LogP contribution in [0.15, 0.2) is 18.2 Å². The molecule has 130 valence electrons. The molecule has 22 heavy (non-hydrogen) atoms. The lowest BCUT2D eigenvalue weighted by molar-refractivity contribution is 0.141. The highest BCUT2D eigenvalue weighted by Crippen LogP contribution is 2.35. The Kier molecular flexibility index (Phi) is 11.7. The van der Waals surface area contributed by atoms with Crippen LogP contribution in [0.4, 0.5) is 0 Å². The van der Waals surface area contributed by atoms with Crippen molar-refractivity contribution in [1.82, 2.24) is 10.2 Å². The number of hydrogen-bond acceptors (Lipinski definition) is 2. The van der Waals surface area contributed by atoms with Crippen LogP contribution in [0.2, 0.25) is 5.02 Å². The maximum Gasteiger partial charge on any atom is 0.0408 e. The topological polar surface area (TPSA) is 78.3 Å². The van der Waals surface area contributed by atoms with Gasteiger partial charge in [-0.15, -0.1) is 24.8 Å². The van der Waals surface area contributed by atoms with Crippen LogP contribution in [-0.4, -0.2) is 48.1 Å². The molecule has 2 aliphatic rings. The summed E-state index contributed by atoms with van der Waals surface area (Å²) in [5.74, 6) is 0.629. The third-order valence-corrected chi connectivity index (χ3v) is 4.74. The monoisotopic (exact) mass is 372 g/mol. The minimum absolute atomic E-state index is 0. The predicted molar refractivity (Wildman–Crippen MR) is 98.1 cm³/mol. The van der Waals surface area contributed by atoms with Crippen molar-refractivity contribution < 1.29 is 11.0 Å². The first-order valence-electron chi connectivity index (χ1n) is 6.99. The Labute approximate surface area is 150 Å². The molecule has 0 aromatic heterocycles. The van der Waals surface area contributed by atoms with Crippen LogP contribution >= 0.6 is 36.4 Å². The van der Waals surface area contributed by atoms with Crippen molar-refractivity contribution in [2.45, 2.75) is 31.7 Å². The van der Waals surface area contributed by atoms with Gasteiger partial charge in [0.15, 0.2) is 0 Å². The number of aryl methyl sites for hydroxylation is 1. The summed E-state index contributed by atoms with van der Waals surface area (Å²) in [4.78, 5) is 2.67. The van der Waals surface area contributed by atoms with Crippen LogP contribution in [0.25, 0.3) is 0 Å². The molecule has 0 radical (unpaired) electrons. The Morgan fingerprint density at radius 2 is 1.77 bits per heavy atom. The zero-order chi connectivity index (χ0) is 12.5. The van der Waals surface area contributed by atoms with Gasteiger partial charge < -0.3 is 16.3 Å². The molecule has 1 aliphatic carbocycles. The van der Waals surface area contributed by atoms with Crippen molar-refractivity contribution in [2.24, 2.45) is 0 Å². The van der Waals surface area contributed by atoms with Gasteiger partial charge in [-0.3, -0.25) is 4.90 Å². The molecular formula is C15H27Cl3N2O2. The number of rotatable bonds is 1. The lowest BCUT2D eigenvalue weighted by Gasteiger charge is -2.41. The molecule has 4 nitrogen and oxygen atoms in total. The zero-order valence-electron chi connectivity index (χ0n) is 12.8. The van der Waals surface area contributed by atoms with Gasteiger partial charge in [-0.25, -0.2) is 0 Å². The van der Waals surface area contributed by atoms with Gasteiger partial charge in [0.2, 0.25) is 0 Å². The summed E-state index contributed by atoms with van der Waals surface area (Å²) in [7, 11) is 0. The standard InChI is InChI=1S/C15H21ClN2.2ClH.2H2O/c1-11-14-4-3-13(16)10-12(14)2-5-15(11)18-8-6-17-7-9-18;;;;/h3-4,10-11,15,17H,2,5-9H2,1H3;2*1H;2*1H2. The van der Waals surface area contributed by atoms with Crippen molar-refractivity contribution in [1.29, 1.82) is 0 Å². The fourth-order valence-electron chi connectivity index (χ4n) is 3.51. The van der Waals surface area contributed by atoms with E-state index in [4.69, 9.17) is 11.6 Å². The fraction of sp³-hybridized carbons (Fsp3) is 0.600. The van der Waals surface area contributed by atoms with Gasteiger partial charge >= 0.3 is 0 Å². The quantitative estimate of drug-likeness (QED) is 0.815. The summed E-state index contributed by atoms with van der Waals surface area (Å²) in [5, 5.41) is 4.31. The molecule has 1 fully saturated rings. The van der Waals surface area contributed by atoms with Crippen molar-refractivity contribution in [3.63, 3.8) is 0 Å². The number of benzene rings is 1. The zero-order valence-corrected chi connectivity index (χ0v) is 15.2. The van der Waals surface area contributed by atoms with Gasteiger partial charge in [-0.2, -0.15) is 0 Å². The van der Waals surface area contributed by atoms with Crippen molar-refractivity contribution in [3.05, 3.63) is 34.3 Å². The van der Waals surface area contributed by atoms with Gasteiger partial charge in [0, 0.05) is 37.2 Å². The van der Waals surface area contributed by atoms with Crippen LogP contribution in [-0.2, 0) is 6.42 Å². The smallest absolute Gasteiger partial charge is 0.0408 e. The van der Waals surface area contributed by atoms with E-state index in [2.05, 4.69) is 29.3 Å². The highest BCUT2D eigenvalue weighted by Gasteiger charge is 2.31. The maximum atomic E-state index is 6.09. The van der Waals surface area contributed by atoms with E-state index in [-0.39, 0.29) is 35.8 Å². The fourth-order valence-corrected chi connectivity index (χ4v) is 3.70. The van der Waals surface area contributed by atoms with E-state index in [1.807, 2.05) is 6.07 Å². The van der Waals surface area contributed by atoms with Crippen molar-refractivity contribution >= 4 is 36.4 Å². The number of nitrogens with zero attached hydrogens (tertiary/aromatic N) is 1. The molecule has 0 saturated carbocycles. The molecule has 1 saturated heterocycles. The summed E-state index contributed by atoms with van der Waals surface area (Å²) in [5.41, 5.74) is 2.97. The Balaban J connectivity index is 0. The summed E-state index contributed by atoms with van der Waals surface area (Å²) < 4.78 is 0. The largest absolute Gasteiger partial charge is 0.412 e. The molecule has 1 aliphatic heterocycles. The SMILES string of the molecule is CC1c2ccc(Cl)cc2CCC1N1CCNCC1.Cl.Cl.O.O. The Morgan fingerprint density at radius 1 is 1.14 bits per heavy atom. The van der Waals surface area contributed by atoms with Crippen molar-refractivity contribution in [3.8, 4) is 0 Å². The molecule has 1 aromatic carbocycles. The first kappa shape index (κ1) is 24.2. The van der Waals surface area contributed by atoms with Gasteiger partial charge in [0.05, 0.1) is 0 Å². The van der Waals surface area contributed by atoms with Crippen LogP contribution in [0.5, 0.6) is 0 Å². The predicted octanol–water partition coefficient (Wildman–Crippen LogP) is 1.86. The Hall–Kier alpha value is -0.0700. The van der Waals surface area contributed by atoms with E-state index in [0.717, 1.165) is 18.1 Å². The van der Waals surface area contributed by atoms with E-state index < -0.39 is 0 Å². The highest BCUT2D eigenvalue weighted by atomic mass is 35.5. The lowest BCUT2D eigenvalue weighted by Crippen LogP contribution is -2.51. The first-order chi connectivity index (χ1) is 8.75. The second kappa shape index (κ2) is 10.7. The average Bonchev–Trinajstić information content (AvgIpc) is 2.40. The number of nitrogens with one attached hydrogen (secondary N) is 1. The number of piperazine rings is 1. The molecular weight excluding hydrogens is 347 g/mol. The molecule has 1 heterocycles. The second-order valence-electron chi connectivity index (χ2n) is 5.52. The maximum absolute atomic E-state index is 6.09. The summed E-state index contributed by atoms with van der Waals surface area (Å²) in [6, 6.07) is 7.13. The summed E-state index contributed by atoms with van der Waals surface area (Å²) in [6.07, 6.45) is 2.45. The molecule has 0 amide bonds. The van der Waals surface area contributed by atoms with Crippen LogP contribution in [0.1, 0.15) is 30.4 Å². The van der Waals surface area contributed by atoms with Gasteiger partial charge in [-0.05, 0) is 42.0 Å².